The van der Waals surface area contributed by atoms with Crippen LogP contribution in [0.5, 0.6) is 0 Å². The van der Waals surface area contributed by atoms with Crippen molar-refractivity contribution in [1.29, 1.82) is 0 Å². The van der Waals surface area contributed by atoms with Crippen molar-refractivity contribution in [2.24, 2.45) is 0 Å². The van der Waals surface area contributed by atoms with Gasteiger partial charge in [-0.15, -0.1) is 5.10 Å². The highest BCUT2D eigenvalue weighted by atomic mass is 16.5. The molecule has 0 amide bonds. The molecule has 22 heavy (non-hydrogen) atoms. The summed E-state index contributed by atoms with van der Waals surface area (Å²) in [6.45, 7) is 7.34. The summed E-state index contributed by atoms with van der Waals surface area (Å²) in [7, 11) is 1.72. The van der Waals surface area contributed by atoms with Gasteiger partial charge in [-0.2, -0.15) is 4.98 Å². The Hall–Kier alpha value is -1.87. The van der Waals surface area contributed by atoms with Crippen LogP contribution in [0.15, 0.2) is 4.52 Å². The second-order valence-electron chi connectivity index (χ2n) is 5.85. The number of hydrogen-bond acceptors (Lipinski definition) is 8. The SMILES string of the molecule is CO[C@H]1C[C@H](c2nc(C)no2)N(Cc2nnnn2C(C)C)C1. The zero-order valence-corrected chi connectivity index (χ0v) is 13.3. The monoisotopic (exact) mass is 307 g/mol. The molecular weight excluding hydrogens is 286 g/mol. The molecule has 1 saturated heterocycles. The highest BCUT2D eigenvalue weighted by molar-refractivity contribution is 5.00. The molecule has 2 atom stereocenters. The van der Waals surface area contributed by atoms with Gasteiger partial charge in [0, 0.05) is 13.7 Å². The third-order valence-electron chi connectivity index (χ3n) is 3.92. The second-order valence-corrected chi connectivity index (χ2v) is 5.85. The molecule has 1 aliphatic rings. The summed E-state index contributed by atoms with van der Waals surface area (Å²) in [6, 6.07) is 0.249. The van der Waals surface area contributed by atoms with E-state index in [1.54, 1.807) is 7.11 Å². The molecule has 0 N–H and O–H groups in total. The van der Waals surface area contributed by atoms with E-state index in [0.29, 0.717) is 18.3 Å². The van der Waals surface area contributed by atoms with Crippen molar-refractivity contribution in [3.63, 3.8) is 0 Å². The highest BCUT2D eigenvalue weighted by Crippen LogP contribution is 2.33. The molecule has 1 aliphatic heterocycles. The van der Waals surface area contributed by atoms with Crippen LogP contribution in [0.1, 0.15) is 49.9 Å². The van der Waals surface area contributed by atoms with Crippen LogP contribution in [-0.2, 0) is 11.3 Å². The molecule has 3 rings (SSSR count). The predicted octanol–water partition coefficient (Wildman–Crippen LogP) is 0.907. The van der Waals surface area contributed by atoms with E-state index in [4.69, 9.17) is 9.26 Å². The Morgan fingerprint density at radius 2 is 2.23 bits per heavy atom. The van der Waals surface area contributed by atoms with Crippen molar-refractivity contribution >= 4 is 0 Å². The minimum atomic E-state index is 0.0310. The Labute approximate surface area is 128 Å². The number of hydrogen-bond donors (Lipinski definition) is 0. The van der Waals surface area contributed by atoms with Crippen LogP contribution in [0.25, 0.3) is 0 Å². The van der Waals surface area contributed by atoms with E-state index in [0.717, 1.165) is 18.8 Å². The Balaban J connectivity index is 1.81. The minimum absolute atomic E-state index is 0.0310. The van der Waals surface area contributed by atoms with Gasteiger partial charge in [0.05, 0.1) is 24.7 Å². The van der Waals surface area contributed by atoms with Gasteiger partial charge < -0.3 is 9.26 Å². The number of nitrogens with zero attached hydrogens (tertiary/aromatic N) is 7. The molecule has 0 radical (unpaired) electrons. The number of aromatic nitrogens is 6. The van der Waals surface area contributed by atoms with E-state index < -0.39 is 0 Å². The molecule has 9 nitrogen and oxygen atoms in total. The lowest BCUT2D eigenvalue weighted by molar-refractivity contribution is 0.106. The number of tetrazole rings is 1. The van der Waals surface area contributed by atoms with Gasteiger partial charge in [-0.1, -0.05) is 5.16 Å². The van der Waals surface area contributed by atoms with Gasteiger partial charge in [-0.25, -0.2) is 4.68 Å². The molecule has 9 heteroatoms. The van der Waals surface area contributed by atoms with Crippen molar-refractivity contribution in [2.75, 3.05) is 13.7 Å². The predicted molar refractivity (Wildman–Crippen MR) is 75.8 cm³/mol. The highest BCUT2D eigenvalue weighted by Gasteiger charge is 2.37. The molecule has 0 saturated carbocycles. The van der Waals surface area contributed by atoms with Gasteiger partial charge in [0.15, 0.2) is 11.6 Å². The van der Waals surface area contributed by atoms with Crippen LogP contribution in [-0.4, -0.2) is 55.0 Å². The van der Waals surface area contributed by atoms with Crippen molar-refractivity contribution in [2.45, 2.75) is 51.9 Å². The lowest BCUT2D eigenvalue weighted by Crippen LogP contribution is -2.27. The van der Waals surface area contributed by atoms with Gasteiger partial charge in [-0.05, 0) is 37.6 Å². The van der Waals surface area contributed by atoms with Gasteiger partial charge in [0.1, 0.15) is 0 Å². The van der Waals surface area contributed by atoms with Crippen LogP contribution in [0.3, 0.4) is 0 Å². The van der Waals surface area contributed by atoms with E-state index in [-0.39, 0.29) is 18.2 Å². The number of aryl methyl sites for hydroxylation is 1. The van der Waals surface area contributed by atoms with Gasteiger partial charge in [0.25, 0.3) is 0 Å². The molecular formula is C13H21N7O2. The van der Waals surface area contributed by atoms with Crippen molar-refractivity contribution in [1.82, 2.24) is 35.2 Å². The molecule has 0 aromatic carbocycles. The molecule has 2 aromatic rings. The Morgan fingerprint density at radius 1 is 1.41 bits per heavy atom. The fourth-order valence-electron chi connectivity index (χ4n) is 2.81. The average Bonchev–Trinajstić information content (AvgIpc) is 3.18. The fraction of sp³-hybridized carbons (Fsp3) is 0.769. The number of likely N-dealkylation sites (tertiary alicyclic amines) is 1. The maximum Gasteiger partial charge on any atom is 0.244 e. The fourth-order valence-corrected chi connectivity index (χ4v) is 2.81. The molecule has 2 aromatic heterocycles. The summed E-state index contributed by atoms with van der Waals surface area (Å²) < 4.78 is 12.7. The first kappa shape index (κ1) is 15.0. The van der Waals surface area contributed by atoms with E-state index >= 15 is 0 Å². The summed E-state index contributed by atoms with van der Waals surface area (Å²) in [5.41, 5.74) is 0. The van der Waals surface area contributed by atoms with E-state index in [2.05, 4.69) is 44.4 Å². The summed E-state index contributed by atoms with van der Waals surface area (Å²) in [5, 5.41) is 15.9. The van der Waals surface area contributed by atoms with Crippen molar-refractivity contribution in [3.05, 3.63) is 17.5 Å². The zero-order chi connectivity index (χ0) is 15.7. The maximum atomic E-state index is 5.51. The van der Waals surface area contributed by atoms with E-state index in [1.165, 1.54) is 0 Å². The van der Waals surface area contributed by atoms with Crippen LogP contribution < -0.4 is 0 Å². The molecule has 120 valence electrons. The van der Waals surface area contributed by atoms with Crippen LogP contribution >= 0.6 is 0 Å². The Morgan fingerprint density at radius 3 is 2.86 bits per heavy atom. The normalized spacial score (nSPS) is 22.8. The topological polar surface area (TPSA) is 95.0 Å². The second kappa shape index (κ2) is 6.09. The maximum absolute atomic E-state index is 5.51. The standard InChI is InChI=1S/C13H21N7O2/c1-8(2)20-12(15-17-18-20)7-19-6-10(21-4)5-11(19)13-14-9(3)16-22-13/h8,10-11H,5-7H2,1-4H3/t10-,11+/m0/s1. The molecule has 3 heterocycles. The third-order valence-corrected chi connectivity index (χ3v) is 3.92. The first-order chi connectivity index (χ1) is 10.6. The van der Waals surface area contributed by atoms with Crippen LogP contribution in [0, 0.1) is 6.92 Å². The smallest absolute Gasteiger partial charge is 0.244 e. The number of methoxy groups -OCH3 is 1. The van der Waals surface area contributed by atoms with Gasteiger partial charge in [0.2, 0.25) is 5.89 Å². The van der Waals surface area contributed by atoms with Crippen LogP contribution in [0.4, 0.5) is 0 Å². The summed E-state index contributed by atoms with van der Waals surface area (Å²) in [5.74, 6) is 2.09. The first-order valence-electron chi connectivity index (χ1n) is 7.42. The number of rotatable bonds is 5. The molecule has 0 spiro atoms. The first-order valence-corrected chi connectivity index (χ1v) is 7.42. The largest absolute Gasteiger partial charge is 0.380 e. The Kier molecular flexibility index (Phi) is 4.16. The van der Waals surface area contributed by atoms with Crippen LogP contribution in [0.2, 0.25) is 0 Å². The van der Waals surface area contributed by atoms with Gasteiger partial charge in [-0.3, -0.25) is 4.90 Å². The van der Waals surface area contributed by atoms with Gasteiger partial charge >= 0.3 is 0 Å². The van der Waals surface area contributed by atoms with E-state index in [1.807, 2.05) is 11.6 Å². The molecule has 0 unspecified atom stereocenters. The van der Waals surface area contributed by atoms with Crippen molar-refractivity contribution in [3.8, 4) is 0 Å². The summed E-state index contributed by atoms with van der Waals surface area (Å²) in [4.78, 5) is 6.59. The van der Waals surface area contributed by atoms with Crippen molar-refractivity contribution < 1.29 is 9.26 Å². The number of ether oxygens (including phenoxy) is 1. The molecule has 1 fully saturated rings. The Bertz CT molecular complexity index is 623. The molecule has 0 bridgehead atoms. The lowest BCUT2D eigenvalue weighted by atomic mass is 10.2. The summed E-state index contributed by atoms with van der Waals surface area (Å²) in [6.07, 6.45) is 0.960. The van der Waals surface area contributed by atoms with E-state index in [9.17, 15) is 0 Å². The lowest BCUT2D eigenvalue weighted by Gasteiger charge is -2.21. The summed E-state index contributed by atoms with van der Waals surface area (Å²) >= 11 is 0. The zero-order valence-electron chi connectivity index (χ0n) is 13.3. The molecule has 0 aliphatic carbocycles. The average molecular weight is 307 g/mol. The quantitative estimate of drug-likeness (QED) is 0.804. The third kappa shape index (κ3) is 2.86. The minimum Gasteiger partial charge on any atom is -0.380 e.